The number of carbonyl (C=O) groups is 1. The summed E-state index contributed by atoms with van der Waals surface area (Å²) in [7, 11) is 1.76. The molecule has 2 aromatic rings. The minimum absolute atomic E-state index is 0.0739. The van der Waals surface area contributed by atoms with E-state index in [9.17, 15) is 9.90 Å². The predicted molar refractivity (Wildman–Crippen MR) is 78.3 cm³/mol. The molecule has 1 aliphatic heterocycles. The molecule has 0 spiro atoms. The summed E-state index contributed by atoms with van der Waals surface area (Å²) in [6.45, 7) is 0. The van der Waals surface area contributed by atoms with E-state index >= 15 is 0 Å². The lowest BCUT2D eigenvalue weighted by Crippen LogP contribution is -2.17. The quantitative estimate of drug-likeness (QED) is 0.906. The van der Waals surface area contributed by atoms with Crippen LogP contribution in [0, 0.1) is 0 Å². The van der Waals surface area contributed by atoms with Gasteiger partial charge in [-0.3, -0.25) is 4.79 Å². The zero-order chi connectivity index (χ0) is 14.1. The van der Waals surface area contributed by atoms with Crippen molar-refractivity contribution in [2.45, 2.75) is 6.42 Å². The molecule has 1 amide bonds. The summed E-state index contributed by atoms with van der Waals surface area (Å²) in [4.78, 5) is 13.8. The molecule has 0 atom stereocenters. The Hall–Kier alpha value is -2.55. The fourth-order valence-corrected chi connectivity index (χ4v) is 2.48. The number of carbonyl (C=O) groups excluding carboxylic acids is 1. The van der Waals surface area contributed by atoms with Crippen molar-refractivity contribution in [3.63, 3.8) is 0 Å². The van der Waals surface area contributed by atoms with Crippen molar-refractivity contribution < 1.29 is 9.90 Å². The van der Waals surface area contributed by atoms with Crippen LogP contribution in [0.5, 0.6) is 5.75 Å². The number of fused-ring (bicyclic) bond motifs is 1. The van der Waals surface area contributed by atoms with Crippen LogP contribution >= 0.6 is 0 Å². The third-order valence-electron chi connectivity index (χ3n) is 3.55. The van der Waals surface area contributed by atoms with E-state index in [-0.39, 0.29) is 11.7 Å². The maximum atomic E-state index is 12.1. The first kappa shape index (κ1) is 12.5. The molecule has 3 nitrogen and oxygen atoms in total. The number of nitrogens with zero attached hydrogens (tertiary/aromatic N) is 1. The summed E-state index contributed by atoms with van der Waals surface area (Å²) in [5.41, 5.74) is 3.54. The average Bonchev–Trinajstić information content (AvgIpc) is 2.70. The molecule has 0 aliphatic carbocycles. The van der Waals surface area contributed by atoms with Crippen LogP contribution in [0.4, 0.5) is 0 Å². The number of rotatable bonds is 2. The van der Waals surface area contributed by atoms with Gasteiger partial charge in [-0.05, 0) is 30.2 Å². The van der Waals surface area contributed by atoms with Crippen LogP contribution in [0.3, 0.4) is 0 Å². The van der Waals surface area contributed by atoms with Crippen molar-refractivity contribution in [1.29, 1.82) is 0 Å². The third kappa shape index (κ3) is 2.07. The Bertz CT molecular complexity index is 689. The minimum Gasteiger partial charge on any atom is -0.508 e. The molecule has 1 aliphatic rings. The minimum atomic E-state index is -0.0739. The number of phenols is 1. The van der Waals surface area contributed by atoms with Gasteiger partial charge in [-0.15, -0.1) is 0 Å². The van der Waals surface area contributed by atoms with Crippen LogP contribution in [0.25, 0.3) is 5.70 Å². The average molecular weight is 265 g/mol. The zero-order valence-corrected chi connectivity index (χ0v) is 11.2. The maximum absolute atomic E-state index is 12.1. The highest BCUT2D eigenvalue weighted by molar-refractivity contribution is 6.09. The lowest BCUT2D eigenvalue weighted by molar-refractivity contribution is 0.0874. The molecular weight excluding hydrogens is 250 g/mol. The molecule has 0 fully saturated rings. The van der Waals surface area contributed by atoms with Crippen LogP contribution in [0.2, 0.25) is 0 Å². The molecule has 20 heavy (non-hydrogen) atoms. The summed E-state index contributed by atoms with van der Waals surface area (Å²) in [6.07, 6.45) is 2.82. The molecule has 3 heteroatoms. The van der Waals surface area contributed by atoms with Gasteiger partial charge < -0.3 is 10.0 Å². The summed E-state index contributed by atoms with van der Waals surface area (Å²) in [5.74, 6) is 0.0463. The fourth-order valence-electron chi connectivity index (χ4n) is 2.48. The molecule has 2 aromatic carbocycles. The largest absolute Gasteiger partial charge is 0.508 e. The van der Waals surface area contributed by atoms with Gasteiger partial charge in [-0.2, -0.15) is 0 Å². The highest BCUT2D eigenvalue weighted by atomic mass is 16.3. The second-order valence-corrected chi connectivity index (χ2v) is 4.87. The van der Waals surface area contributed by atoms with E-state index in [1.807, 2.05) is 18.2 Å². The van der Waals surface area contributed by atoms with Crippen LogP contribution in [0.1, 0.15) is 21.5 Å². The molecule has 0 saturated carbocycles. The number of hydrogen-bond acceptors (Lipinski definition) is 2. The number of benzene rings is 2. The first-order valence-corrected chi connectivity index (χ1v) is 6.52. The van der Waals surface area contributed by atoms with Crippen molar-refractivity contribution in [1.82, 2.24) is 4.90 Å². The van der Waals surface area contributed by atoms with E-state index < -0.39 is 0 Å². The maximum Gasteiger partial charge on any atom is 0.258 e. The van der Waals surface area contributed by atoms with Gasteiger partial charge >= 0.3 is 0 Å². The standard InChI is InChI=1S/C17H15NO2/c1-18-16(10-7-12-5-3-2-4-6-12)14-9-8-13(19)11-15(14)17(18)20/h2-6,8-11,19H,7H2,1H3/b16-10+. The SMILES string of the molecule is CN1C(=O)c2cc(O)ccc2/C1=C\Cc1ccccc1. The van der Waals surface area contributed by atoms with Gasteiger partial charge in [0.25, 0.3) is 5.91 Å². The van der Waals surface area contributed by atoms with E-state index in [0.717, 1.165) is 17.7 Å². The molecule has 100 valence electrons. The van der Waals surface area contributed by atoms with Crippen molar-refractivity contribution in [2.75, 3.05) is 7.05 Å². The highest BCUT2D eigenvalue weighted by Gasteiger charge is 2.29. The topological polar surface area (TPSA) is 40.5 Å². The van der Waals surface area contributed by atoms with E-state index in [2.05, 4.69) is 18.2 Å². The number of aromatic hydroxyl groups is 1. The Labute approximate surface area is 117 Å². The Balaban J connectivity index is 1.97. The third-order valence-corrected chi connectivity index (χ3v) is 3.55. The summed E-state index contributed by atoms with van der Waals surface area (Å²) >= 11 is 0. The van der Waals surface area contributed by atoms with Crippen LogP contribution in [0.15, 0.2) is 54.6 Å². The first-order chi connectivity index (χ1) is 9.66. The van der Waals surface area contributed by atoms with Crippen molar-refractivity contribution in [3.05, 3.63) is 71.3 Å². The van der Waals surface area contributed by atoms with Gasteiger partial charge in [-0.25, -0.2) is 0 Å². The van der Waals surface area contributed by atoms with Crippen LogP contribution in [-0.2, 0) is 6.42 Å². The van der Waals surface area contributed by atoms with E-state index in [1.165, 1.54) is 11.6 Å². The molecule has 0 radical (unpaired) electrons. The van der Waals surface area contributed by atoms with E-state index in [0.29, 0.717) is 5.56 Å². The molecule has 0 bridgehead atoms. The molecular formula is C17H15NO2. The monoisotopic (exact) mass is 265 g/mol. The number of phenolic OH excluding ortho intramolecular Hbond substituents is 1. The van der Waals surface area contributed by atoms with E-state index in [4.69, 9.17) is 0 Å². The molecule has 1 heterocycles. The Morgan fingerprint density at radius 2 is 1.85 bits per heavy atom. The summed E-state index contributed by atoms with van der Waals surface area (Å²) in [6, 6.07) is 15.0. The summed E-state index contributed by atoms with van der Waals surface area (Å²) < 4.78 is 0. The second kappa shape index (κ2) is 4.85. The lowest BCUT2D eigenvalue weighted by Gasteiger charge is -2.11. The fraction of sp³-hybridized carbons (Fsp3) is 0.118. The highest BCUT2D eigenvalue weighted by Crippen LogP contribution is 2.33. The predicted octanol–water partition coefficient (Wildman–Crippen LogP) is 3.06. The van der Waals surface area contributed by atoms with E-state index in [1.54, 1.807) is 24.1 Å². The van der Waals surface area contributed by atoms with Crippen LogP contribution in [-0.4, -0.2) is 23.0 Å². The molecule has 0 saturated heterocycles. The molecule has 3 rings (SSSR count). The van der Waals surface area contributed by atoms with Crippen molar-refractivity contribution in [3.8, 4) is 5.75 Å². The van der Waals surface area contributed by atoms with Gasteiger partial charge in [0, 0.05) is 18.3 Å². The normalized spacial score (nSPS) is 15.8. The Kier molecular flexibility index (Phi) is 3.03. The molecule has 1 N–H and O–H groups in total. The first-order valence-electron chi connectivity index (χ1n) is 6.52. The Morgan fingerprint density at radius 1 is 1.10 bits per heavy atom. The number of amides is 1. The van der Waals surface area contributed by atoms with Gasteiger partial charge in [0.15, 0.2) is 0 Å². The number of allylic oxidation sites excluding steroid dienone is 1. The van der Waals surface area contributed by atoms with Crippen LogP contribution < -0.4 is 0 Å². The van der Waals surface area contributed by atoms with Crippen molar-refractivity contribution >= 4 is 11.6 Å². The van der Waals surface area contributed by atoms with Gasteiger partial charge in [0.2, 0.25) is 0 Å². The van der Waals surface area contributed by atoms with Gasteiger partial charge in [0.1, 0.15) is 5.75 Å². The van der Waals surface area contributed by atoms with Gasteiger partial charge in [0.05, 0.1) is 5.56 Å². The Morgan fingerprint density at radius 3 is 2.60 bits per heavy atom. The lowest BCUT2D eigenvalue weighted by atomic mass is 10.1. The number of hydrogen-bond donors (Lipinski definition) is 1. The molecule has 0 aromatic heterocycles. The second-order valence-electron chi connectivity index (χ2n) is 4.87. The van der Waals surface area contributed by atoms with Gasteiger partial charge in [-0.1, -0.05) is 36.4 Å². The van der Waals surface area contributed by atoms with Crippen molar-refractivity contribution in [2.24, 2.45) is 0 Å². The summed E-state index contributed by atoms with van der Waals surface area (Å²) in [5, 5.41) is 9.50. The smallest absolute Gasteiger partial charge is 0.258 e. The zero-order valence-electron chi connectivity index (χ0n) is 11.2. The molecule has 0 unspecified atom stereocenters.